The van der Waals surface area contributed by atoms with Gasteiger partial charge in [0.15, 0.2) is 9.84 Å². The fraction of sp³-hybridized carbons (Fsp3) is 1.00. The second-order valence-electron chi connectivity index (χ2n) is 5.26. The van der Waals surface area contributed by atoms with Crippen molar-refractivity contribution in [2.75, 3.05) is 18.1 Å². The minimum Gasteiger partial charge on any atom is -0.324 e. The van der Waals surface area contributed by atoms with E-state index in [-0.39, 0.29) is 16.8 Å². The van der Waals surface area contributed by atoms with Crippen molar-refractivity contribution in [2.24, 2.45) is 5.73 Å². The average molecular weight is 234 g/mol. The molecule has 0 aromatic carbocycles. The molecule has 0 aromatic heterocycles. The second kappa shape index (κ2) is 4.03. The van der Waals surface area contributed by atoms with Gasteiger partial charge in [-0.3, -0.25) is 0 Å². The molecule has 1 saturated heterocycles. The fourth-order valence-electron chi connectivity index (χ4n) is 1.69. The van der Waals surface area contributed by atoms with Crippen LogP contribution in [-0.2, 0) is 9.84 Å². The molecule has 0 radical (unpaired) electrons. The molecule has 0 amide bonds. The van der Waals surface area contributed by atoms with Gasteiger partial charge in [-0.2, -0.15) is 0 Å². The highest BCUT2D eigenvalue weighted by Gasteiger charge is 2.38. The van der Waals surface area contributed by atoms with Crippen LogP contribution in [0.3, 0.4) is 0 Å². The fourth-order valence-corrected chi connectivity index (χ4v) is 3.81. The quantitative estimate of drug-likeness (QED) is 0.733. The number of rotatable bonds is 4. The topological polar surface area (TPSA) is 72.2 Å². The van der Waals surface area contributed by atoms with E-state index < -0.39 is 9.84 Å². The smallest absolute Gasteiger partial charge is 0.152 e. The summed E-state index contributed by atoms with van der Waals surface area (Å²) < 4.78 is 22.7. The van der Waals surface area contributed by atoms with Crippen molar-refractivity contribution in [3.05, 3.63) is 0 Å². The molecule has 15 heavy (non-hydrogen) atoms. The molecule has 5 heteroatoms. The molecule has 0 spiro atoms. The van der Waals surface area contributed by atoms with Crippen molar-refractivity contribution in [1.29, 1.82) is 0 Å². The van der Waals surface area contributed by atoms with Crippen LogP contribution in [-0.4, -0.2) is 37.5 Å². The summed E-state index contributed by atoms with van der Waals surface area (Å²) in [4.78, 5) is 0. The molecule has 90 valence electrons. The molecule has 2 unspecified atom stereocenters. The zero-order valence-corrected chi connectivity index (χ0v) is 10.7. The molecule has 0 aromatic rings. The molecule has 1 heterocycles. The van der Waals surface area contributed by atoms with Crippen LogP contribution in [0.1, 0.15) is 33.6 Å². The van der Waals surface area contributed by atoms with Crippen LogP contribution in [0.15, 0.2) is 0 Å². The van der Waals surface area contributed by atoms with E-state index in [0.29, 0.717) is 18.7 Å². The highest BCUT2D eigenvalue weighted by atomic mass is 32.2. The molecule has 1 aliphatic rings. The Labute approximate surface area is 92.5 Å². The number of hydrogen-bond donors (Lipinski definition) is 2. The largest absolute Gasteiger partial charge is 0.324 e. The molecular formula is C10H22N2O2S. The minimum absolute atomic E-state index is 0.236. The van der Waals surface area contributed by atoms with E-state index in [9.17, 15) is 8.42 Å². The van der Waals surface area contributed by atoms with Gasteiger partial charge in [-0.1, -0.05) is 6.92 Å². The Balaban J connectivity index is 2.53. The molecular weight excluding hydrogens is 212 g/mol. The predicted octanol–water partition coefficient (Wildman–Crippen LogP) is 0.281. The van der Waals surface area contributed by atoms with Gasteiger partial charge in [-0.05, 0) is 26.7 Å². The summed E-state index contributed by atoms with van der Waals surface area (Å²) in [6.45, 7) is 6.64. The molecule has 2 atom stereocenters. The van der Waals surface area contributed by atoms with Gasteiger partial charge >= 0.3 is 0 Å². The van der Waals surface area contributed by atoms with E-state index in [2.05, 4.69) is 5.32 Å². The van der Waals surface area contributed by atoms with Crippen molar-refractivity contribution in [1.82, 2.24) is 5.32 Å². The van der Waals surface area contributed by atoms with Gasteiger partial charge in [0.2, 0.25) is 0 Å². The Morgan fingerprint density at radius 3 is 2.53 bits per heavy atom. The van der Waals surface area contributed by atoms with Gasteiger partial charge in [-0.25, -0.2) is 8.42 Å². The summed E-state index contributed by atoms with van der Waals surface area (Å²) in [6, 6.07) is 0. The van der Waals surface area contributed by atoms with Crippen molar-refractivity contribution in [3.63, 3.8) is 0 Å². The predicted molar refractivity (Wildman–Crippen MR) is 62.6 cm³/mol. The van der Waals surface area contributed by atoms with E-state index in [0.717, 1.165) is 6.42 Å². The van der Waals surface area contributed by atoms with Crippen LogP contribution < -0.4 is 11.1 Å². The summed E-state index contributed by atoms with van der Waals surface area (Å²) >= 11 is 0. The SMILES string of the molecule is CCC(C)(N)CNC1(C)CCS(=O)(=O)C1. The summed E-state index contributed by atoms with van der Waals surface area (Å²) in [5.74, 6) is 0.531. The van der Waals surface area contributed by atoms with Gasteiger partial charge in [0.05, 0.1) is 11.5 Å². The van der Waals surface area contributed by atoms with E-state index in [4.69, 9.17) is 5.73 Å². The third-order valence-corrected chi connectivity index (χ3v) is 5.13. The molecule has 0 bridgehead atoms. The highest BCUT2D eigenvalue weighted by Crippen LogP contribution is 2.23. The Morgan fingerprint density at radius 2 is 2.13 bits per heavy atom. The van der Waals surface area contributed by atoms with Gasteiger partial charge in [0.25, 0.3) is 0 Å². The Kier molecular flexibility index (Phi) is 3.48. The lowest BCUT2D eigenvalue weighted by molar-refractivity contribution is 0.328. The van der Waals surface area contributed by atoms with Crippen LogP contribution >= 0.6 is 0 Å². The van der Waals surface area contributed by atoms with Crippen LogP contribution in [0.2, 0.25) is 0 Å². The Morgan fingerprint density at radius 1 is 1.53 bits per heavy atom. The van der Waals surface area contributed by atoms with Crippen LogP contribution in [0.25, 0.3) is 0 Å². The van der Waals surface area contributed by atoms with E-state index in [1.165, 1.54) is 0 Å². The molecule has 4 nitrogen and oxygen atoms in total. The van der Waals surface area contributed by atoms with E-state index in [1.54, 1.807) is 0 Å². The summed E-state index contributed by atoms with van der Waals surface area (Å²) in [7, 11) is -2.83. The first kappa shape index (κ1) is 12.9. The first-order valence-corrected chi connectivity index (χ1v) is 7.25. The van der Waals surface area contributed by atoms with Crippen molar-refractivity contribution in [2.45, 2.75) is 44.7 Å². The van der Waals surface area contributed by atoms with Crippen molar-refractivity contribution in [3.8, 4) is 0 Å². The molecule has 0 aliphatic carbocycles. The second-order valence-corrected chi connectivity index (χ2v) is 7.45. The van der Waals surface area contributed by atoms with Gasteiger partial charge < -0.3 is 11.1 Å². The van der Waals surface area contributed by atoms with Crippen molar-refractivity contribution < 1.29 is 8.42 Å². The first-order chi connectivity index (χ1) is 6.68. The summed E-state index contributed by atoms with van der Waals surface area (Å²) in [6.07, 6.45) is 1.57. The molecule has 1 fully saturated rings. The third-order valence-electron chi connectivity index (χ3n) is 3.23. The number of nitrogens with one attached hydrogen (secondary N) is 1. The lowest BCUT2D eigenvalue weighted by Gasteiger charge is -2.31. The van der Waals surface area contributed by atoms with Crippen LogP contribution in [0.4, 0.5) is 0 Å². The van der Waals surface area contributed by atoms with E-state index in [1.807, 2.05) is 20.8 Å². The molecule has 1 aliphatic heterocycles. The average Bonchev–Trinajstić information content (AvgIpc) is 2.39. The first-order valence-electron chi connectivity index (χ1n) is 5.42. The summed E-state index contributed by atoms with van der Waals surface area (Å²) in [5.41, 5.74) is 5.47. The molecule has 1 rings (SSSR count). The minimum atomic E-state index is -2.83. The lowest BCUT2D eigenvalue weighted by atomic mass is 9.96. The van der Waals surface area contributed by atoms with Crippen LogP contribution in [0.5, 0.6) is 0 Å². The summed E-state index contributed by atoms with van der Waals surface area (Å²) in [5, 5.41) is 3.30. The zero-order chi connectivity index (χ0) is 11.7. The highest BCUT2D eigenvalue weighted by molar-refractivity contribution is 7.91. The van der Waals surface area contributed by atoms with Gasteiger partial charge in [0.1, 0.15) is 0 Å². The third kappa shape index (κ3) is 3.74. The maximum atomic E-state index is 11.4. The van der Waals surface area contributed by atoms with Gasteiger partial charge in [-0.15, -0.1) is 0 Å². The standard InChI is InChI=1S/C10H22N2O2S/c1-4-9(2,11)7-12-10(3)5-6-15(13,14)8-10/h12H,4-8,11H2,1-3H3. The Hall–Kier alpha value is -0.130. The van der Waals surface area contributed by atoms with E-state index >= 15 is 0 Å². The Bertz CT molecular complexity index is 324. The number of nitrogens with two attached hydrogens (primary N) is 1. The number of sulfone groups is 1. The van der Waals surface area contributed by atoms with Crippen molar-refractivity contribution >= 4 is 9.84 Å². The molecule has 3 N–H and O–H groups in total. The maximum absolute atomic E-state index is 11.4. The lowest BCUT2D eigenvalue weighted by Crippen LogP contribution is -2.53. The molecule has 0 saturated carbocycles. The normalized spacial score (nSPS) is 33.9. The number of hydrogen-bond acceptors (Lipinski definition) is 4. The maximum Gasteiger partial charge on any atom is 0.152 e. The monoisotopic (exact) mass is 234 g/mol. The van der Waals surface area contributed by atoms with Gasteiger partial charge in [0, 0.05) is 17.6 Å². The van der Waals surface area contributed by atoms with Crippen LogP contribution in [0, 0.1) is 0 Å². The zero-order valence-electron chi connectivity index (χ0n) is 9.84.